The van der Waals surface area contributed by atoms with E-state index in [4.69, 9.17) is 9.47 Å². The summed E-state index contributed by atoms with van der Waals surface area (Å²) in [4.78, 5) is 27.5. The van der Waals surface area contributed by atoms with Crippen LogP contribution in [0.1, 0.15) is 48.3 Å². The van der Waals surface area contributed by atoms with Crippen LogP contribution in [0.2, 0.25) is 0 Å². The van der Waals surface area contributed by atoms with Crippen molar-refractivity contribution < 1.29 is 19.1 Å². The van der Waals surface area contributed by atoms with Crippen LogP contribution in [-0.4, -0.2) is 26.2 Å². The zero-order valence-corrected chi connectivity index (χ0v) is 19.5. The highest BCUT2D eigenvalue weighted by Crippen LogP contribution is 2.69. The van der Waals surface area contributed by atoms with Crippen molar-refractivity contribution in [1.29, 1.82) is 0 Å². The lowest BCUT2D eigenvalue weighted by atomic mass is 9.43. The predicted molar refractivity (Wildman–Crippen MR) is 127 cm³/mol. The molecule has 0 heterocycles. The van der Waals surface area contributed by atoms with Gasteiger partial charge in [-0.2, -0.15) is 0 Å². The summed E-state index contributed by atoms with van der Waals surface area (Å²) in [6, 6.07) is 18.7. The highest BCUT2D eigenvalue weighted by Gasteiger charge is 2.70. The number of ether oxygens (including phenoxy) is 2. The maximum atomic E-state index is 13.8. The first-order valence-corrected chi connectivity index (χ1v) is 12.0. The molecule has 0 amide bonds. The standard InChI is InChI=1S/C29H32O4/c1-4-20-15-17-24-23-16-14-19-10-8-9-13-22(19)25(23)29(26(30)32-2,27(31)33-3)18-28(20,24)21-11-6-5-7-12-21/h4-13,20,23-25H,1,14-18H2,2-3H3/t20-,23+,24+,25+,28-/m1/s1. The Morgan fingerprint density at radius 3 is 2.27 bits per heavy atom. The molecule has 0 spiro atoms. The monoisotopic (exact) mass is 444 g/mol. The Balaban J connectivity index is 1.82. The summed E-state index contributed by atoms with van der Waals surface area (Å²) in [6.07, 6.45) is 6.39. The van der Waals surface area contributed by atoms with Gasteiger partial charge in [0.05, 0.1) is 14.2 Å². The second-order valence-electron chi connectivity index (χ2n) is 9.94. The van der Waals surface area contributed by atoms with Gasteiger partial charge in [0.1, 0.15) is 0 Å². The highest BCUT2D eigenvalue weighted by atomic mass is 16.5. The smallest absolute Gasteiger partial charge is 0.323 e. The number of carbonyl (C=O) groups is 2. The van der Waals surface area contributed by atoms with Crippen molar-refractivity contribution in [1.82, 2.24) is 0 Å². The number of methoxy groups -OCH3 is 2. The fourth-order valence-corrected chi connectivity index (χ4v) is 7.88. The fraction of sp³-hybridized carbons (Fsp3) is 0.448. The number of aryl methyl sites for hydroxylation is 1. The summed E-state index contributed by atoms with van der Waals surface area (Å²) in [5.41, 5.74) is 1.75. The van der Waals surface area contributed by atoms with Crippen molar-refractivity contribution in [3.8, 4) is 0 Å². The SMILES string of the molecule is C=C[C@@H]1CC[C@H]2[C@@H]3CCc4ccccc4[C@@H]3C(C(=O)OC)(C(=O)OC)C[C@]12c1ccccc1. The summed E-state index contributed by atoms with van der Waals surface area (Å²) in [7, 11) is 2.77. The summed E-state index contributed by atoms with van der Waals surface area (Å²) >= 11 is 0. The molecule has 0 aromatic heterocycles. The number of rotatable bonds is 4. The van der Waals surface area contributed by atoms with E-state index in [1.807, 2.05) is 24.3 Å². The summed E-state index contributed by atoms with van der Waals surface area (Å²) in [6.45, 7) is 4.19. The van der Waals surface area contributed by atoms with Crippen LogP contribution in [0.4, 0.5) is 0 Å². The maximum absolute atomic E-state index is 13.8. The second kappa shape index (κ2) is 8.16. The van der Waals surface area contributed by atoms with E-state index in [1.165, 1.54) is 25.3 Å². The predicted octanol–water partition coefficient (Wildman–Crippen LogP) is 5.22. The number of allylic oxidation sites excluding steroid dienone is 1. The van der Waals surface area contributed by atoms with Crippen LogP contribution in [-0.2, 0) is 30.9 Å². The van der Waals surface area contributed by atoms with Crippen molar-refractivity contribution >= 4 is 11.9 Å². The van der Waals surface area contributed by atoms with Gasteiger partial charge in [0.25, 0.3) is 0 Å². The van der Waals surface area contributed by atoms with Crippen LogP contribution in [0.25, 0.3) is 0 Å². The molecule has 0 N–H and O–H groups in total. The first-order valence-electron chi connectivity index (χ1n) is 12.0. The van der Waals surface area contributed by atoms with E-state index >= 15 is 0 Å². The van der Waals surface area contributed by atoms with Gasteiger partial charge in [0, 0.05) is 11.3 Å². The van der Waals surface area contributed by atoms with E-state index in [2.05, 4.69) is 43.0 Å². The first-order chi connectivity index (χ1) is 16.0. The van der Waals surface area contributed by atoms with Crippen molar-refractivity contribution in [3.63, 3.8) is 0 Å². The fourth-order valence-electron chi connectivity index (χ4n) is 7.88. The Morgan fingerprint density at radius 1 is 0.939 bits per heavy atom. The average molecular weight is 445 g/mol. The Bertz CT molecular complexity index is 1060. The lowest BCUT2D eigenvalue weighted by Gasteiger charge is -2.58. The van der Waals surface area contributed by atoms with Gasteiger partial charge in [0.2, 0.25) is 0 Å². The molecular formula is C29H32O4. The third-order valence-corrected chi connectivity index (χ3v) is 8.99. The van der Waals surface area contributed by atoms with Crippen molar-refractivity contribution in [3.05, 3.63) is 83.9 Å². The molecular weight excluding hydrogens is 412 g/mol. The molecule has 3 aliphatic rings. The molecule has 0 bridgehead atoms. The van der Waals surface area contributed by atoms with Crippen molar-refractivity contribution in [2.45, 2.75) is 43.4 Å². The molecule has 5 rings (SSSR count). The van der Waals surface area contributed by atoms with E-state index < -0.39 is 17.4 Å². The van der Waals surface area contributed by atoms with E-state index in [-0.39, 0.29) is 23.2 Å². The van der Waals surface area contributed by atoms with E-state index in [0.29, 0.717) is 12.3 Å². The Labute approximate surface area is 196 Å². The van der Waals surface area contributed by atoms with Gasteiger partial charge >= 0.3 is 11.9 Å². The molecule has 2 aromatic carbocycles. The van der Waals surface area contributed by atoms with Gasteiger partial charge in [0.15, 0.2) is 5.41 Å². The topological polar surface area (TPSA) is 52.6 Å². The molecule has 33 heavy (non-hydrogen) atoms. The number of esters is 2. The minimum Gasteiger partial charge on any atom is -0.468 e. The molecule has 0 aliphatic heterocycles. The third kappa shape index (κ3) is 2.89. The lowest BCUT2D eigenvalue weighted by Crippen LogP contribution is -2.61. The number of benzene rings is 2. The van der Waals surface area contributed by atoms with Gasteiger partial charge in [-0.25, -0.2) is 0 Å². The van der Waals surface area contributed by atoms with Crippen molar-refractivity contribution in [2.24, 2.45) is 23.2 Å². The number of hydrogen-bond acceptors (Lipinski definition) is 4. The van der Waals surface area contributed by atoms with Gasteiger partial charge in [-0.05, 0) is 66.5 Å². The zero-order valence-electron chi connectivity index (χ0n) is 19.5. The minimum atomic E-state index is -1.40. The Morgan fingerprint density at radius 2 is 1.61 bits per heavy atom. The lowest BCUT2D eigenvalue weighted by molar-refractivity contribution is -0.181. The molecule has 3 aliphatic carbocycles. The number of carbonyl (C=O) groups excluding carboxylic acids is 2. The Kier molecular flexibility index (Phi) is 5.43. The molecule has 0 unspecified atom stereocenters. The number of fused-ring (bicyclic) bond motifs is 5. The Hall–Kier alpha value is -2.88. The molecule has 2 saturated carbocycles. The molecule has 4 heteroatoms. The molecule has 5 atom stereocenters. The minimum absolute atomic E-state index is 0.178. The molecule has 2 fully saturated rings. The summed E-state index contributed by atoms with van der Waals surface area (Å²) in [5.74, 6) is -0.515. The third-order valence-electron chi connectivity index (χ3n) is 8.99. The largest absolute Gasteiger partial charge is 0.468 e. The van der Waals surface area contributed by atoms with Crippen LogP contribution < -0.4 is 0 Å². The molecule has 0 saturated heterocycles. The van der Waals surface area contributed by atoms with E-state index in [1.54, 1.807) is 0 Å². The molecule has 4 nitrogen and oxygen atoms in total. The first kappa shape index (κ1) is 21.9. The van der Waals surface area contributed by atoms with Gasteiger partial charge in [-0.15, -0.1) is 6.58 Å². The van der Waals surface area contributed by atoms with Gasteiger partial charge in [-0.3, -0.25) is 9.59 Å². The van der Waals surface area contributed by atoms with Crippen molar-refractivity contribution in [2.75, 3.05) is 14.2 Å². The molecule has 0 radical (unpaired) electrons. The van der Waals surface area contributed by atoms with Crippen LogP contribution in [0.15, 0.2) is 67.3 Å². The van der Waals surface area contributed by atoms with Gasteiger partial charge in [-0.1, -0.05) is 60.7 Å². The van der Waals surface area contributed by atoms with Crippen LogP contribution in [0.3, 0.4) is 0 Å². The van der Waals surface area contributed by atoms with E-state index in [9.17, 15) is 9.59 Å². The maximum Gasteiger partial charge on any atom is 0.323 e. The molecule has 2 aromatic rings. The van der Waals surface area contributed by atoms with Crippen LogP contribution in [0, 0.1) is 23.2 Å². The summed E-state index contributed by atoms with van der Waals surface area (Å²) in [5, 5.41) is 0. The zero-order chi connectivity index (χ0) is 23.2. The summed E-state index contributed by atoms with van der Waals surface area (Å²) < 4.78 is 10.8. The second-order valence-corrected chi connectivity index (χ2v) is 9.94. The highest BCUT2D eigenvalue weighted by molar-refractivity contribution is 6.02. The average Bonchev–Trinajstić information content (AvgIpc) is 3.26. The normalized spacial score (nSPS) is 31.5. The quantitative estimate of drug-likeness (QED) is 0.369. The number of hydrogen-bond donors (Lipinski definition) is 0. The van der Waals surface area contributed by atoms with Gasteiger partial charge < -0.3 is 9.47 Å². The van der Waals surface area contributed by atoms with Crippen LogP contribution in [0.5, 0.6) is 0 Å². The molecule has 172 valence electrons. The van der Waals surface area contributed by atoms with Crippen LogP contribution >= 0.6 is 0 Å². The van der Waals surface area contributed by atoms with E-state index in [0.717, 1.165) is 31.2 Å².